The molecule has 2 fully saturated rings. The molecule has 1 aromatic rings. The van der Waals surface area contributed by atoms with Crippen molar-refractivity contribution in [1.82, 2.24) is 25.2 Å². The fourth-order valence-corrected chi connectivity index (χ4v) is 3.02. The SMILES string of the molecule is CC(=O)NCC1CN(Cc2cn([C@H]3O[C@@H](C)[C@@H](O)[C@@H](O)[C@@H]3O)nn2)C(=O)O1. The van der Waals surface area contributed by atoms with Crippen molar-refractivity contribution in [2.75, 3.05) is 13.1 Å². The number of rotatable bonds is 5. The number of nitrogens with one attached hydrogen (secondary N) is 1. The van der Waals surface area contributed by atoms with Gasteiger partial charge in [0.15, 0.2) is 6.23 Å². The van der Waals surface area contributed by atoms with Gasteiger partial charge in [-0.3, -0.25) is 9.69 Å². The quantitative estimate of drug-likeness (QED) is 0.438. The smallest absolute Gasteiger partial charge is 0.410 e. The first-order chi connectivity index (χ1) is 12.8. The number of nitrogens with zero attached hydrogens (tertiary/aromatic N) is 4. The Morgan fingerprint density at radius 3 is 2.78 bits per heavy atom. The minimum atomic E-state index is -1.38. The molecule has 0 aliphatic carbocycles. The van der Waals surface area contributed by atoms with Crippen LogP contribution in [0.2, 0.25) is 0 Å². The van der Waals surface area contributed by atoms with Crippen molar-refractivity contribution < 1.29 is 34.4 Å². The second-order valence-electron chi connectivity index (χ2n) is 6.72. The molecule has 0 aromatic carbocycles. The van der Waals surface area contributed by atoms with Crippen LogP contribution in [0, 0.1) is 0 Å². The second-order valence-corrected chi connectivity index (χ2v) is 6.72. The number of hydrogen-bond acceptors (Lipinski definition) is 9. The molecule has 1 unspecified atom stereocenters. The maximum absolute atomic E-state index is 11.9. The molecule has 3 heterocycles. The Bertz CT molecular complexity index is 698. The van der Waals surface area contributed by atoms with E-state index in [0.717, 1.165) is 0 Å². The van der Waals surface area contributed by atoms with Gasteiger partial charge in [-0.15, -0.1) is 5.10 Å². The summed E-state index contributed by atoms with van der Waals surface area (Å²) in [6.07, 6.45) is -5.18. The van der Waals surface area contributed by atoms with Crippen LogP contribution in [0.4, 0.5) is 4.79 Å². The lowest BCUT2D eigenvalue weighted by atomic mass is 9.99. The van der Waals surface area contributed by atoms with Gasteiger partial charge in [-0.25, -0.2) is 9.48 Å². The molecular weight excluding hydrogens is 362 g/mol. The van der Waals surface area contributed by atoms with Gasteiger partial charge in [0.1, 0.15) is 30.1 Å². The number of hydrogen-bond donors (Lipinski definition) is 4. The number of carbonyl (C=O) groups is 2. The van der Waals surface area contributed by atoms with Gasteiger partial charge < -0.3 is 30.1 Å². The van der Waals surface area contributed by atoms with Gasteiger partial charge in [-0.1, -0.05) is 5.21 Å². The van der Waals surface area contributed by atoms with Crippen LogP contribution >= 0.6 is 0 Å². The number of aliphatic hydroxyl groups excluding tert-OH is 3. The number of cyclic esters (lactones) is 1. The van der Waals surface area contributed by atoms with Gasteiger partial charge in [0.2, 0.25) is 5.91 Å². The third-order valence-electron chi connectivity index (χ3n) is 4.53. The summed E-state index contributed by atoms with van der Waals surface area (Å²) in [5, 5.41) is 40.2. The standard InChI is InChI=1S/C15H23N5O7/c1-7-11(22)12(23)13(24)14(26-7)20-5-9(17-18-20)4-19-6-10(27-15(19)25)3-16-8(2)21/h5,7,10-14,22-24H,3-4,6H2,1-2H3,(H,16,21)/t7-,10?,11+,12+,13-,14-/m0/s1. The predicted molar refractivity (Wildman–Crippen MR) is 87.0 cm³/mol. The third-order valence-corrected chi connectivity index (χ3v) is 4.53. The van der Waals surface area contributed by atoms with E-state index < -0.39 is 42.8 Å². The van der Waals surface area contributed by atoms with Crippen molar-refractivity contribution in [2.24, 2.45) is 0 Å². The van der Waals surface area contributed by atoms with Crippen molar-refractivity contribution in [1.29, 1.82) is 0 Å². The summed E-state index contributed by atoms with van der Waals surface area (Å²) < 4.78 is 11.9. The number of aliphatic hydroxyl groups is 3. The number of ether oxygens (including phenoxy) is 2. The first kappa shape index (κ1) is 19.5. The van der Waals surface area contributed by atoms with Crippen molar-refractivity contribution in [3.05, 3.63) is 11.9 Å². The molecule has 12 heteroatoms. The molecule has 150 valence electrons. The highest BCUT2D eigenvalue weighted by Crippen LogP contribution is 2.27. The largest absolute Gasteiger partial charge is 0.442 e. The molecule has 0 saturated carbocycles. The molecule has 3 rings (SSSR count). The fraction of sp³-hybridized carbons (Fsp3) is 0.733. The lowest BCUT2D eigenvalue weighted by molar-refractivity contribution is -0.243. The molecule has 2 aliphatic heterocycles. The highest BCUT2D eigenvalue weighted by atomic mass is 16.6. The maximum Gasteiger partial charge on any atom is 0.410 e. The lowest BCUT2D eigenvalue weighted by Crippen LogP contribution is -2.54. The number of amides is 2. The minimum Gasteiger partial charge on any atom is -0.442 e. The van der Waals surface area contributed by atoms with Crippen LogP contribution < -0.4 is 5.32 Å². The van der Waals surface area contributed by atoms with Gasteiger partial charge >= 0.3 is 6.09 Å². The van der Waals surface area contributed by atoms with Crippen LogP contribution in [-0.2, 0) is 20.8 Å². The summed E-state index contributed by atoms with van der Waals surface area (Å²) in [6.45, 7) is 3.59. The van der Waals surface area contributed by atoms with Crippen LogP contribution in [-0.4, -0.2) is 90.8 Å². The van der Waals surface area contributed by atoms with E-state index in [1.165, 1.54) is 22.7 Å². The van der Waals surface area contributed by atoms with E-state index in [4.69, 9.17) is 9.47 Å². The van der Waals surface area contributed by atoms with E-state index in [1.807, 2.05) is 0 Å². The topological polar surface area (TPSA) is 159 Å². The molecule has 12 nitrogen and oxygen atoms in total. The minimum absolute atomic E-state index is 0.124. The Labute approximate surface area is 154 Å². The van der Waals surface area contributed by atoms with E-state index in [2.05, 4.69) is 15.6 Å². The van der Waals surface area contributed by atoms with E-state index in [0.29, 0.717) is 5.69 Å². The van der Waals surface area contributed by atoms with E-state index in [1.54, 1.807) is 6.92 Å². The van der Waals surface area contributed by atoms with Crippen molar-refractivity contribution in [2.45, 2.75) is 57.1 Å². The normalized spacial score (nSPS) is 33.8. The number of carbonyl (C=O) groups excluding carboxylic acids is 2. The molecule has 0 bridgehead atoms. The molecule has 2 saturated heterocycles. The highest BCUT2D eigenvalue weighted by molar-refractivity contribution is 5.73. The van der Waals surface area contributed by atoms with Crippen molar-refractivity contribution >= 4 is 12.0 Å². The van der Waals surface area contributed by atoms with Crippen LogP contribution in [0.15, 0.2) is 6.20 Å². The van der Waals surface area contributed by atoms with Gasteiger partial charge in [-0.2, -0.15) is 0 Å². The van der Waals surface area contributed by atoms with Crippen LogP contribution in [0.25, 0.3) is 0 Å². The lowest BCUT2D eigenvalue weighted by Gasteiger charge is -2.38. The Morgan fingerprint density at radius 1 is 1.33 bits per heavy atom. The highest BCUT2D eigenvalue weighted by Gasteiger charge is 2.43. The van der Waals surface area contributed by atoms with Gasteiger partial charge in [0.05, 0.1) is 31.9 Å². The van der Waals surface area contributed by atoms with Crippen LogP contribution in [0.1, 0.15) is 25.8 Å². The molecule has 1 aromatic heterocycles. The average Bonchev–Trinajstić information content (AvgIpc) is 3.22. The molecule has 27 heavy (non-hydrogen) atoms. The Kier molecular flexibility index (Phi) is 5.60. The van der Waals surface area contributed by atoms with Crippen LogP contribution in [0.5, 0.6) is 0 Å². The summed E-state index contributed by atoms with van der Waals surface area (Å²) in [4.78, 5) is 24.3. The summed E-state index contributed by atoms with van der Waals surface area (Å²) >= 11 is 0. The molecule has 2 amide bonds. The zero-order chi connectivity index (χ0) is 19.7. The van der Waals surface area contributed by atoms with E-state index in [9.17, 15) is 24.9 Å². The number of aromatic nitrogens is 3. The predicted octanol–water partition coefficient (Wildman–Crippen LogP) is -2.26. The zero-order valence-corrected chi connectivity index (χ0v) is 14.9. The summed E-state index contributed by atoms with van der Waals surface area (Å²) in [5.41, 5.74) is 0.427. The first-order valence-electron chi connectivity index (χ1n) is 8.56. The fourth-order valence-electron chi connectivity index (χ4n) is 3.02. The molecule has 6 atom stereocenters. The van der Waals surface area contributed by atoms with Gasteiger partial charge in [0.25, 0.3) is 0 Å². The third kappa shape index (κ3) is 4.18. The molecule has 0 radical (unpaired) electrons. The Hall–Kier alpha value is -2.28. The van der Waals surface area contributed by atoms with E-state index in [-0.39, 0.29) is 25.5 Å². The van der Waals surface area contributed by atoms with Crippen LogP contribution in [0.3, 0.4) is 0 Å². The second kappa shape index (κ2) is 7.76. The summed E-state index contributed by atoms with van der Waals surface area (Å²) in [6, 6.07) is 0. The summed E-state index contributed by atoms with van der Waals surface area (Å²) in [7, 11) is 0. The maximum atomic E-state index is 11.9. The monoisotopic (exact) mass is 385 g/mol. The van der Waals surface area contributed by atoms with E-state index >= 15 is 0 Å². The molecule has 0 spiro atoms. The summed E-state index contributed by atoms with van der Waals surface area (Å²) in [5.74, 6) is -0.208. The van der Waals surface area contributed by atoms with Gasteiger partial charge in [0, 0.05) is 6.92 Å². The molecule has 2 aliphatic rings. The average molecular weight is 385 g/mol. The van der Waals surface area contributed by atoms with Crippen molar-refractivity contribution in [3.63, 3.8) is 0 Å². The van der Waals surface area contributed by atoms with Crippen molar-refractivity contribution in [3.8, 4) is 0 Å². The first-order valence-corrected chi connectivity index (χ1v) is 8.56. The molecule has 4 N–H and O–H groups in total. The van der Waals surface area contributed by atoms with Gasteiger partial charge in [-0.05, 0) is 6.92 Å². The Morgan fingerprint density at radius 2 is 2.07 bits per heavy atom. The zero-order valence-electron chi connectivity index (χ0n) is 14.9. The molecular formula is C15H23N5O7. The Balaban J connectivity index is 1.61.